The van der Waals surface area contributed by atoms with Crippen molar-refractivity contribution < 1.29 is 8.39 Å². The van der Waals surface area contributed by atoms with E-state index in [1.165, 1.54) is 12.0 Å². The average Bonchev–Trinajstić information content (AvgIpc) is 2.39. The van der Waals surface area contributed by atoms with Gasteiger partial charge in [-0.1, -0.05) is 52.2 Å². The SMILES string of the molecule is CC(C)(C)c1ccc(OS(=O)C2(Cl)CCCCC2)cc1. The minimum absolute atomic E-state index is 0.106. The largest absolute Gasteiger partial charge is 0.399 e. The van der Waals surface area contributed by atoms with Crippen LogP contribution in [0.4, 0.5) is 0 Å². The lowest BCUT2D eigenvalue weighted by Crippen LogP contribution is -2.33. The molecule has 0 amide bonds. The van der Waals surface area contributed by atoms with Gasteiger partial charge < -0.3 is 4.18 Å². The fourth-order valence-electron chi connectivity index (χ4n) is 2.42. The second-order valence-electron chi connectivity index (χ2n) is 6.54. The highest BCUT2D eigenvalue weighted by Crippen LogP contribution is 2.38. The fourth-order valence-corrected chi connectivity index (χ4v) is 3.84. The summed E-state index contributed by atoms with van der Waals surface area (Å²) in [6.45, 7) is 6.49. The highest BCUT2D eigenvalue weighted by atomic mass is 35.5. The van der Waals surface area contributed by atoms with Crippen LogP contribution in [0.3, 0.4) is 0 Å². The van der Waals surface area contributed by atoms with Crippen molar-refractivity contribution in [2.24, 2.45) is 0 Å². The Kier molecular flexibility index (Phi) is 4.80. The van der Waals surface area contributed by atoms with Crippen LogP contribution in [0.25, 0.3) is 0 Å². The topological polar surface area (TPSA) is 26.3 Å². The molecule has 2 nitrogen and oxygen atoms in total. The second kappa shape index (κ2) is 6.07. The Hall–Kier alpha value is -0.540. The third-order valence-corrected chi connectivity index (χ3v) is 5.90. The van der Waals surface area contributed by atoms with Gasteiger partial charge in [-0.05, 0) is 36.0 Å². The van der Waals surface area contributed by atoms with Crippen molar-refractivity contribution in [2.75, 3.05) is 0 Å². The second-order valence-corrected chi connectivity index (χ2v) is 8.90. The molecule has 0 N–H and O–H groups in total. The summed E-state index contributed by atoms with van der Waals surface area (Å²) in [5.41, 5.74) is 1.34. The molecule has 1 aromatic rings. The summed E-state index contributed by atoms with van der Waals surface area (Å²) in [5, 5.41) is 0. The highest BCUT2D eigenvalue weighted by molar-refractivity contribution is 7.83. The Labute approximate surface area is 129 Å². The lowest BCUT2D eigenvalue weighted by atomic mass is 9.87. The quantitative estimate of drug-likeness (QED) is 0.740. The number of benzene rings is 1. The first-order valence-electron chi connectivity index (χ1n) is 7.21. The number of hydrogen-bond acceptors (Lipinski definition) is 2. The molecular formula is C16H23ClO2S. The maximum atomic E-state index is 12.3. The Morgan fingerprint density at radius 1 is 1.10 bits per heavy atom. The van der Waals surface area contributed by atoms with E-state index in [-0.39, 0.29) is 5.41 Å². The molecule has 20 heavy (non-hydrogen) atoms. The molecule has 1 fully saturated rings. The van der Waals surface area contributed by atoms with Gasteiger partial charge in [0.05, 0.1) is 0 Å². The van der Waals surface area contributed by atoms with E-state index in [1.54, 1.807) is 0 Å². The van der Waals surface area contributed by atoms with E-state index < -0.39 is 15.3 Å². The molecule has 0 aliphatic heterocycles. The monoisotopic (exact) mass is 314 g/mol. The maximum Gasteiger partial charge on any atom is 0.228 e. The minimum Gasteiger partial charge on any atom is -0.399 e. The first kappa shape index (κ1) is 15.8. The Bertz CT molecular complexity index is 470. The van der Waals surface area contributed by atoms with Crippen molar-refractivity contribution in [1.82, 2.24) is 0 Å². The molecule has 1 atom stereocenters. The van der Waals surface area contributed by atoms with Crippen molar-refractivity contribution in [1.29, 1.82) is 0 Å². The predicted octanol–water partition coefficient (Wildman–Crippen LogP) is 4.93. The van der Waals surface area contributed by atoms with Gasteiger partial charge in [0.2, 0.25) is 11.1 Å². The summed E-state index contributed by atoms with van der Waals surface area (Å²) in [6.07, 6.45) is 4.76. The summed E-state index contributed by atoms with van der Waals surface area (Å²) in [4.78, 5) is 0. The van der Waals surface area contributed by atoms with E-state index in [4.69, 9.17) is 15.8 Å². The van der Waals surface area contributed by atoms with E-state index in [1.807, 2.05) is 24.3 Å². The molecule has 0 bridgehead atoms. The van der Waals surface area contributed by atoms with Crippen molar-refractivity contribution in [3.05, 3.63) is 29.8 Å². The molecule has 0 heterocycles. The van der Waals surface area contributed by atoms with Gasteiger partial charge in [0.15, 0.2) is 4.21 Å². The van der Waals surface area contributed by atoms with Crippen LogP contribution < -0.4 is 4.18 Å². The van der Waals surface area contributed by atoms with E-state index in [0.29, 0.717) is 5.75 Å². The van der Waals surface area contributed by atoms with Crippen molar-refractivity contribution in [2.45, 2.75) is 62.5 Å². The van der Waals surface area contributed by atoms with Crippen molar-refractivity contribution in [3.63, 3.8) is 0 Å². The summed E-state index contributed by atoms with van der Waals surface area (Å²) in [7, 11) is 0. The van der Waals surface area contributed by atoms with Gasteiger partial charge >= 0.3 is 0 Å². The van der Waals surface area contributed by atoms with Gasteiger partial charge in [0, 0.05) is 0 Å². The zero-order chi connectivity index (χ0) is 14.8. The normalized spacial score (nSPS) is 20.4. The molecule has 4 heteroatoms. The molecular weight excluding hydrogens is 292 g/mol. The van der Waals surface area contributed by atoms with Crippen LogP contribution in [-0.2, 0) is 16.5 Å². The summed E-state index contributed by atoms with van der Waals surface area (Å²) < 4.78 is 17.2. The molecule has 1 aliphatic rings. The van der Waals surface area contributed by atoms with Gasteiger partial charge in [-0.2, -0.15) is 0 Å². The van der Waals surface area contributed by atoms with E-state index in [2.05, 4.69) is 20.8 Å². The Balaban J connectivity index is 2.04. The van der Waals surface area contributed by atoms with Gasteiger partial charge in [-0.3, -0.25) is 0 Å². The van der Waals surface area contributed by atoms with E-state index >= 15 is 0 Å². The number of alkyl halides is 1. The third kappa shape index (κ3) is 3.76. The highest BCUT2D eigenvalue weighted by Gasteiger charge is 2.38. The molecule has 0 spiro atoms. The van der Waals surface area contributed by atoms with Crippen LogP contribution in [0, 0.1) is 0 Å². The summed E-state index contributed by atoms with van der Waals surface area (Å²) in [5.74, 6) is 0.627. The van der Waals surface area contributed by atoms with Crippen LogP contribution in [-0.4, -0.2) is 8.42 Å². The standard InChI is InChI=1S/C16H23ClO2S/c1-15(2,3)13-7-9-14(10-8-13)19-20(18)16(17)11-5-4-6-12-16/h7-10H,4-6,11-12H2,1-3H3. The summed E-state index contributed by atoms with van der Waals surface area (Å²) in [6, 6.07) is 7.80. The van der Waals surface area contributed by atoms with Crippen LogP contribution in [0.1, 0.15) is 58.4 Å². The molecule has 0 saturated heterocycles. The predicted molar refractivity (Wildman–Crippen MR) is 85.6 cm³/mol. The smallest absolute Gasteiger partial charge is 0.228 e. The summed E-state index contributed by atoms with van der Waals surface area (Å²) >= 11 is 4.97. The first-order chi connectivity index (χ1) is 9.31. The Morgan fingerprint density at radius 2 is 1.65 bits per heavy atom. The first-order valence-corrected chi connectivity index (χ1v) is 8.66. The third-order valence-electron chi connectivity index (χ3n) is 3.79. The lowest BCUT2D eigenvalue weighted by Gasteiger charge is -2.29. The fraction of sp³-hybridized carbons (Fsp3) is 0.625. The molecule has 1 saturated carbocycles. The number of hydrogen-bond donors (Lipinski definition) is 0. The van der Waals surface area contributed by atoms with Crippen LogP contribution in [0.15, 0.2) is 24.3 Å². The zero-order valence-corrected chi connectivity index (χ0v) is 14.0. The van der Waals surface area contributed by atoms with Crippen LogP contribution in [0.2, 0.25) is 0 Å². The van der Waals surface area contributed by atoms with Gasteiger partial charge in [0.25, 0.3) is 0 Å². The van der Waals surface area contributed by atoms with Gasteiger partial charge in [-0.25, -0.2) is 4.21 Å². The van der Waals surface area contributed by atoms with Gasteiger partial charge in [-0.15, -0.1) is 11.6 Å². The number of halogens is 1. The molecule has 0 aromatic heterocycles. The molecule has 1 unspecified atom stereocenters. The molecule has 0 radical (unpaired) electrons. The average molecular weight is 315 g/mol. The lowest BCUT2D eigenvalue weighted by molar-refractivity contribution is 0.445. The molecule has 112 valence electrons. The van der Waals surface area contributed by atoms with Gasteiger partial charge in [0.1, 0.15) is 5.75 Å². The van der Waals surface area contributed by atoms with Crippen molar-refractivity contribution >= 4 is 22.7 Å². The van der Waals surface area contributed by atoms with Crippen molar-refractivity contribution in [3.8, 4) is 5.75 Å². The van der Waals surface area contributed by atoms with E-state index in [9.17, 15) is 4.21 Å². The maximum absolute atomic E-state index is 12.3. The number of rotatable bonds is 3. The van der Waals surface area contributed by atoms with E-state index in [0.717, 1.165) is 25.7 Å². The minimum atomic E-state index is -1.49. The molecule has 1 aliphatic carbocycles. The molecule has 1 aromatic carbocycles. The zero-order valence-electron chi connectivity index (χ0n) is 12.4. The molecule has 2 rings (SSSR count). The van der Waals surface area contributed by atoms with Crippen LogP contribution >= 0.6 is 11.6 Å². The van der Waals surface area contributed by atoms with Crippen LogP contribution in [0.5, 0.6) is 5.75 Å². The Morgan fingerprint density at radius 3 is 2.15 bits per heavy atom.